The summed E-state index contributed by atoms with van der Waals surface area (Å²) in [5.41, 5.74) is -0.514. The van der Waals surface area contributed by atoms with E-state index in [-0.39, 0.29) is 16.8 Å². The van der Waals surface area contributed by atoms with Gasteiger partial charge in [0.15, 0.2) is 0 Å². The molecule has 2 rings (SSSR count). The molecule has 0 aliphatic rings. The van der Waals surface area contributed by atoms with E-state index in [1.165, 1.54) is 0 Å². The van der Waals surface area contributed by atoms with Crippen molar-refractivity contribution in [3.05, 3.63) is 26.5 Å². The van der Waals surface area contributed by atoms with Crippen molar-refractivity contribution < 1.29 is 9.53 Å². The Hall–Kier alpha value is -2.29. The Bertz CT molecular complexity index is 854. The zero-order valence-electron chi connectivity index (χ0n) is 12.0. The third kappa shape index (κ3) is 2.51. The molecule has 0 N–H and O–H groups in total. The number of rotatable bonds is 2. The van der Waals surface area contributed by atoms with Gasteiger partial charge in [0.25, 0.3) is 5.56 Å². The highest BCUT2D eigenvalue weighted by molar-refractivity contribution is 7.13. The number of aromatic nitrogens is 3. The van der Waals surface area contributed by atoms with Crippen molar-refractivity contribution in [2.45, 2.75) is 27.7 Å². The van der Waals surface area contributed by atoms with Crippen LogP contribution in [0.1, 0.15) is 26.5 Å². The molecule has 21 heavy (non-hydrogen) atoms. The van der Waals surface area contributed by atoms with E-state index in [1.54, 1.807) is 27.7 Å². The molecule has 2 heterocycles. The molecule has 0 spiro atoms. The summed E-state index contributed by atoms with van der Waals surface area (Å²) >= 11 is 0.901. The van der Waals surface area contributed by atoms with Crippen LogP contribution in [0.25, 0.3) is 10.2 Å². The number of fused-ring (bicyclic) bond motifs is 1. The van der Waals surface area contributed by atoms with Crippen LogP contribution in [-0.2, 0) is 4.74 Å². The molecule has 2 aromatic heterocycles. The van der Waals surface area contributed by atoms with Gasteiger partial charge in [0.2, 0.25) is 0 Å². The summed E-state index contributed by atoms with van der Waals surface area (Å²) in [7, 11) is 0. The fourth-order valence-electron chi connectivity index (χ4n) is 1.77. The summed E-state index contributed by atoms with van der Waals surface area (Å²) in [6.07, 6.45) is -0.853. The summed E-state index contributed by atoms with van der Waals surface area (Å²) in [6.45, 7) is 6.66. The molecule has 0 bridgehead atoms. The van der Waals surface area contributed by atoms with Gasteiger partial charge in [-0.3, -0.25) is 4.79 Å². The van der Waals surface area contributed by atoms with E-state index in [9.17, 15) is 14.4 Å². The molecule has 0 aliphatic carbocycles. The van der Waals surface area contributed by atoms with Gasteiger partial charge in [-0.15, -0.1) is 4.68 Å². The van der Waals surface area contributed by atoms with Crippen LogP contribution in [0.5, 0.6) is 0 Å². The van der Waals surface area contributed by atoms with Gasteiger partial charge in [-0.1, -0.05) is 0 Å². The summed E-state index contributed by atoms with van der Waals surface area (Å²) in [6, 6.07) is 0. The Morgan fingerprint density at radius 3 is 2.62 bits per heavy atom. The molecule has 0 fully saturated rings. The number of carbonyl (C=O) groups excluding carboxylic acids is 1. The van der Waals surface area contributed by atoms with Gasteiger partial charge in [0, 0.05) is 5.71 Å². The van der Waals surface area contributed by atoms with E-state index in [2.05, 4.69) is 9.47 Å². The normalized spacial score (nSPS) is 10.7. The van der Waals surface area contributed by atoms with Crippen molar-refractivity contribution in [1.82, 2.24) is 13.6 Å². The lowest BCUT2D eigenvalue weighted by atomic mass is 10.3. The van der Waals surface area contributed by atoms with E-state index in [4.69, 9.17) is 4.74 Å². The highest BCUT2D eigenvalue weighted by Gasteiger charge is 2.22. The molecule has 2 aromatic rings. The minimum atomic E-state index is -0.865. The van der Waals surface area contributed by atoms with Crippen LogP contribution in [0.3, 0.4) is 0 Å². The molecule has 8 nitrogen and oxygen atoms in total. The molecular formula is C12H14N4O4S. The summed E-state index contributed by atoms with van der Waals surface area (Å²) < 4.78 is 10.4. The molecule has 0 amide bonds. The predicted octanol–water partition coefficient (Wildman–Crippen LogP) is 1.18. The number of aryl methyl sites for hydroxylation is 1. The van der Waals surface area contributed by atoms with Gasteiger partial charge in [-0.05, 0) is 39.2 Å². The van der Waals surface area contributed by atoms with Crippen molar-refractivity contribution in [1.29, 1.82) is 0 Å². The van der Waals surface area contributed by atoms with Crippen LogP contribution in [0, 0.1) is 6.92 Å². The number of ether oxygens (including phenoxy) is 1. The summed E-state index contributed by atoms with van der Waals surface area (Å²) in [5.74, 6) is 0. The Balaban J connectivity index is 2.97. The zero-order chi connectivity index (χ0) is 15.7. The molecule has 0 aliphatic heterocycles. The van der Waals surface area contributed by atoms with Gasteiger partial charge in [-0.25, -0.2) is 9.59 Å². The van der Waals surface area contributed by atoms with Crippen LogP contribution in [0.15, 0.2) is 14.7 Å². The molecule has 0 aromatic carbocycles. The highest BCUT2D eigenvalue weighted by Crippen LogP contribution is 2.17. The molecule has 0 saturated carbocycles. The van der Waals surface area contributed by atoms with Crippen molar-refractivity contribution in [3.63, 3.8) is 0 Å². The summed E-state index contributed by atoms with van der Waals surface area (Å²) in [4.78, 5) is 36.9. The smallest absolute Gasteiger partial charge is 0.423 e. The van der Waals surface area contributed by atoms with Crippen LogP contribution in [0.4, 0.5) is 4.79 Å². The van der Waals surface area contributed by atoms with E-state index in [1.807, 2.05) is 0 Å². The maximum absolute atomic E-state index is 12.4. The fraction of sp³-hybridized carbons (Fsp3) is 0.417. The minimum absolute atomic E-state index is 0.111. The third-order valence-corrected chi connectivity index (χ3v) is 3.50. The zero-order valence-corrected chi connectivity index (χ0v) is 12.9. The van der Waals surface area contributed by atoms with Gasteiger partial charge >= 0.3 is 11.8 Å². The van der Waals surface area contributed by atoms with Gasteiger partial charge in [-0.2, -0.15) is 14.0 Å². The Morgan fingerprint density at radius 2 is 2.05 bits per heavy atom. The average molecular weight is 310 g/mol. The van der Waals surface area contributed by atoms with Crippen molar-refractivity contribution in [3.8, 4) is 0 Å². The van der Waals surface area contributed by atoms with Crippen LogP contribution in [-0.4, -0.2) is 32.0 Å². The standard InChI is InChI=1S/C12H14N4O4S/c1-5-20-12(19)15-10-8(7(4)14-21-10)9(17)16(11(15)18)13-6(2)3/h5H2,1-4H3. The van der Waals surface area contributed by atoms with Crippen molar-refractivity contribution in [2.24, 2.45) is 5.10 Å². The second-order valence-electron chi connectivity index (χ2n) is 4.43. The maximum Gasteiger partial charge on any atom is 0.423 e. The lowest BCUT2D eigenvalue weighted by Gasteiger charge is -2.07. The third-order valence-electron chi connectivity index (χ3n) is 2.58. The molecule has 112 valence electrons. The Morgan fingerprint density at radius 1 is 1.38 bits per heavy atom. The summed E-state index contributed by atoms with van der Waals surface area (Å²) in [5, 5.41) is 4.08. The molecule has 9 heteroatoms. The molecule has 0 radical (unpaired) electrons. The van der Waals surface area contributed by atoms with Crippen LogP contribution in [0.2, 0.25) is 0 Å². The molecular weight excluding hydrogens is 296 g/mol. The number of nitrogens with zero attached hydrogens (tertiary/aromatic N) is 4. The first-order valence-electron chi connectivity index (χ1n) is 6.21. The topological polar surface area (TPSA) is 95.5 Å². The van der Waals surface area contributed by atoms with Crippen LogP contribution >= 0.6 is 11.5 Å². The molecule has 0 atom stereocenters. The first-order valence-corrected chi connectivity index (χ1v) is 6.99. The average Bonchev–Trinajstić information content (AvgIpc) is 2.77. The second kappa shape index (κ2) is 5.60. The van der Waals surface area contributed by atoms with Crippen molar-refractivity contribution >= 4 is 33.6 Å². The van der Waals surface area contributed by atoms with Gasteiger partial charge < -0.3 is 4.74 Å². The predicted molar refractivity (Wildman–Crippen MR) is 79.5 cm³/mol. The minimum Gasteiger partial charge on any atom is -0.449 e. The Kier molecular flexibility index (Phi) is 4.03. The van der Waals surface area contributed by atoms with Gasteiger partial charge in [0.1, 0.15) is 10.2 Å². The fourth-order valence-corrected chi connectivity index (χ4v) is 2.64. The number of hydrogen-bond acceptors (Lipinski definition) is 7. The first kappa shape index (κ1) is 15.1. The van der Waals surface area contributed by atoms with Crippen LogP contribution < -0.4 is 11.2 Å². The lowest BCUT2D eigenvalue weighted by molar-refractivity contribution is 0.153. The maximum atomic E-state index is 12.4. The number of hydrogen-bond donors (Lipinski definition) is 0. The van der Waals surface area contributed by atoms with E-state index in [0.717, 1.165) is 16.1 Å². The van der Waals surface area contributed by atoms with Gasteiger partial charge in [0.05, 0.1) is 12.3 Å². The lowest BCUT2D eigenvalue weighted by Crippen LogP contribution is -2.41. The first-order chi connectivity index (χ1) is 9.88. The highest BCUT2D eigenvalue weighted by atomic mass is 32.1. The van der Waals surface area contributed by atoms with E-state index in [0.29, 0.717) is 16.1 Å². The second-order valence-corrected chi connectivity index (χ2v) is 5.18. The number of carbonyl (C=O) groups is 1. The van der Waals surface area contributed by atoms with Crippen molar-refractivity contribution in [2.75, 3.05) is 6.61 Å². The quantitative estimate of drug-likeness (QED) is 0.776. The Labute approximate surface area is 123 Å². The SMILES string of the molecule is CCOC(=O)n1c(=O)n(N=C(C)C)c(=O)c2c(C)nsc21. The molecule has 0 saturated heterocycles. The van der Waals surface area contributed by atoms with E-state index < -0.39 is 17.3 Å². The molecule has 0 unspecified atom stereocenters. The van der Waals surface area contributed by atoms with E-state index >= 15 is 0 Å². The largest absolute Gasteiger partial charge is 0.449 e. The monoisotopic (exact) mass is 310 g/mol.